The van der Waals surface area contributed by atoms with Crippen molar-refractivity contribution in [1.29, 1.82) is 0 Å². The van der Waals surface area contributed by atoms with Crippen molar-refractivity contribution < 1.29 is 45.8 Å². The molecule has 0 unspecified atom stereocenters. The lowest BCUT2D eigenvalue weighted by molar-refractivity contribution is -0.142. The number of amides is 1. The van der Waals surface area contributed by atoms with Crippen molar-refractivity contribution in [2.75, 3.05) is 5.32 Å². The van der Waals surface area contributed by atoms with Gasteiger partial charge in [-0.2, -0.15) is 26.3 Å². The molecule has 7 nitrogen and oxygen atoms in total. The second-order valence-electron chi connectivity index (χ2n) is 6.99. The SMILES string of the molecule is CC(C)(C)OC(=O)Nc1ccc(Cl)nc1C(F)(F)F.O=C(O)c1ccc(Cl)nc1C(F)(F)F. The molecule has 2 N–H and O–H groups in total. The Bertz CT molecular complexity index is 1020. The molecule has 2 aromatic heterocycles. The van der Waals surface area contributed by atoms with E-state index in [0.29, 0.717) is 0 Å². The third kappa shape index (κ3) is 9.30. The summed E-state index contributed by atoms with van der Waals surface area (Å²) >= 11 is 10.6. The fraction of sp³-hybridized carbons (Fsp3) is 0.333. The van der Waals surface area contributed by atoms with Crippen LogP contribution in [0.3, 0.4) is 0 Å². The smallest absolute Gasteiger partial charge is 0.435 e. The molecule has 0 radical (unpaired) electrons. The number of anilines is 1. The van der Waals surface area contributed by atoms with Gasteiger partial charge in [-0.05, 0) is 45.0 Å². The van der Waals surface area contributed by atoms with Gasteiger partial charge in [-0.25, -0.2) is 19.6 Å². The molecule has 0 saturated carbocycles. The molecular weight excluding hydrogens is 507 g/mol. The van der Waals surface area contributed by atoms with E-state index >= 15 is 0 Å². The zero-order valence-corrected chi connectivity index (χ0v) is 18.4. The van der Waals surface area contributed by atoms with Crippen molar-refractivity contribution in [3.05, 3.63) is 51.5 Å². The minimum absolute atomic E-state index is 0.318. The number of aromatic nitrogens is 2. The predicted molar refractivity (Wildman–Crippen MR) is 105 cm³/mol. The Morgan fingerprint density at radius 1 is 0.879 bits per heavy atom. The van der Waals surface area contributed by atoms with Crippen molar-refractivity contribution >= 4 is 41.0 Å². The number of halogens is 8. The molecule has 0 aliphatic carbocycles. The maximum Gasteiger partial charge on any atom is 0.435 e. The van der Waals surface area contributed by atoms with Gasteiger partial charge in [0.15, 0.2) is 11.4 Å². The fourth-order valence-electron chi connectivity index (χ4n) is 1.99. The molecule has 0 aromatic carbocycles. The first-order valence-corrected chi connectivity index (χ1v) is 9.27. The van der Waals surface area contributed by atoms with Gasteiger partial charge < -0.3 is 9.84 Å². The number of hydrogen-bond acceptors (Lipinski definition) is 5. The van der Waals surface area contributed by atoms with Crippen LogP contribution in [0.1, 0.15) is 42.5 Å². The number of carbonyl (C=O) groups excluding carboxylic acids is 1. The number of nitrogens with one attached hydrogen (secondary N) is 1. The molecule has 1 amide bonds. The Morgan fingerprint density at radius 2 is 1.33 bits per heavy atom. The van der Waals surface area contributed by atoms with Crippen LogP contribution in [-0.2, 0) is 17.1 Å². The van der Waals surface area contributed by atoms with Crippen molar-refractivity contribution in [3.8, 4) is 0 Å². The number of alkyl halides is 6. The maximum atomic E-state index is 12.7. The molecule has 0 saturated heterocycles. The molecule has 0 fully saturated rings. The van der Waals surface area contributed by atoms with Crippen LogP contribution in [0.4, 0.5) is 36.8 Å². The summed E-state index contributed by atoms with van der Waals surface area (Å²) in [6.07, 6.45) is -10.5. The Kier molecular flexibility index (Phi) is 8.92. The molecule has 0 atom stereocenters. The highest BCUT2D eigenvalue weighted by Gasteiger charge is 2.38. The summed E-state index contributed by atoms with van der Waals surface area (Å²) in [7, 11) is 0. The number of ether oxygens (including phenoxy) is 1. The highest BCUT2D eigenvalue weighted by Crippen LogP contribution is 2.34. The largest absolute Gasteiger partial charge is 0.478 e. The second-order valence-corrected chi connectivity index (χ2v) is 7.76. The molecule has 0 aliphatic rings. The summed E-state index contributed by atoms with van der Waals surface area (Å²) in [6.45, 7) is 4.78. The molecule has 2 rings (SSSR count). The first-order valence-electron chi connectivity index (χ1n) is 8.52. The number of rotatable bonds is 2. The van der Waals surface area contributed by atoms with Crippen LogP contribution in [0, 0.1) is 0 Å². The van der Waals surface area contributed by atoms with Gasteiger partial charge in [0.2, 0.25) is 0 Å². The average molecular weight is 522 g/mol. The number of nitrogens with zero attached hydrogens (tertiary/aromatic N) is 2. The highest BCUT2D eigenvalue weighted by molar-refractivity contribution is 6.29. The Hall–Kier alpha value is -2.80. The topological polar surface area (TPSA) is 101 Å². The zero-order chi connectivity index (χ0) is 25.8. The second kappa shape index (κ2) is 10.4. The molecule has 0 aliphatic heterocycles. The minimum Gasteiger partial charge on any atom is -0.478 e. The lowest BCUT2D eigenvalue weighted by Crippen LogP contribution is -2.28. The fourth-order valence-corrected chi connectivity index (χ4v) is 2.28. The summed E-state index contributed by atoms with van der Waals surface area (Å²) in [4.78, 5) is 27.9. The van der Waals surface area contributed by atoms with E-state index in [0.717, 1.165) is 24.3 Å². The lowest BCUT2D eigenvalue weighted by Gasteiger charge is -2.20. The Labute approximate surface area is 192 Å². The third-order valence-electron chi connectivity index (χ3n) is 3.13. The Morgan fingerprint density at radius 3 is 1.76 bits per heavy atom. The lowest BCUT2D eigenvalue weighted by atomic mass is 10.2. The van der Waals surface area contributed by atoms with Crippen LogP contribution in [0.5, 0.6) is 0 Å². The minimum atomic E-state index is -4.82. The summed E-state index contributed by atoms with van der Waals surface area (Å²) in [5.74, 6) is -1.69. The number of hydrogen-bond donors (Lipinski definition) is 2. The van der Waals surface area contributed by atoms with Crippen LogP contribution in [-0.4, -0.2) is 32.7 Å². The molecular formula is C18H15Cl2F6N3O4. The molecule has 15 heteroatoms. The van der Waals surface area contributed by atoms with Crippen LogP contribution < -0.4 is 5.32 Å². The molecule has 33 heavy (non-hydrogen) atoms. The summed E-state index contributed by atoms with van der Waals surface area (Å²) < 4.78 is 79.6. The van der Waals surface area contributed by atoms with Gasteiger partial charge in [-0.1, -0.05) is 23.2 Å². The molecule has 182 valence electrons. The third-order valence-corrected chi connectivity index (χ3v) is 3.55. The van der Waals surface area contributed by atoms with E-state index in [4.69, 9.17) is 33.0 Å². The quantitative estimate of drug-likeness (QED) is 0.343. The molecule has 0 bridgehead atoms. The van der Waals surface area contributed by atoms with Crippen molar-refractivity contribution in [1.82, 2.24) is 9.97 Å². The van der Waals surface area contributed by atoms with Gasteiger partial charge in [-0.15, -0.1) is 0 Å². The molecule has 2 aromatic rings. The number of pyridine rings is 2. The molecule has 2 heterocycles. The first-order chi connectivity index (χ1) is 14.8. The van der Waals surface area contributed by atoms with Gasteiger partial charge in [0.1, 0.15) is 15.9 Å². The van der Waals surface area contributed by atoms with Crippen LogP contribution in [0.2, 0.25) is 10.3 Å². The first kappa shape index (κ1) is 28.2. The maximum absolute atomic E-state index is 12.7. The van der Waals surface area contributed by atoms with Crippen LogP contribution in [0.15, 0.2) is 24.3 Å². The van der Waals surface area contributed by atoms with E-state index in [1.54, 1.807) is 20.8 Å². The standard InChI is InChI=1S/C11H12ClF3N2O2.C7H3ClF3NO2/c1-10(2,3)19-9(18)16-6-4-5-7(12)17-8(6)11(13,14)15;8-4-2-1-3(6(13)14)5(12-4)7(9,10)11/h4-5H,1-3H3,(H,16,18);1-2H,(H,13,14). The van der Waals surface area contributed by atoms with Crippen molar-refractivity contribution in [2.24, 2.45) is 0 Å². The highest BCUT2D eigenvalue weighted by atomic mass is 35.5. The van der Waals surface area contributed by atoms with Crippen molar-refractivity contribution in [2.45, 2.75) is 38.7 Å². The van der Waals surface area contributed by atoms with E-state index in [1.165, 1.54) is 0 Å². The number of carboxylic acids is 1. The van der Waals surface area contributed by atoms with Gasteiger partial charge in [0, 0.05) is 0 Å². The van der Waals surface area contributed by atoms with Gasteiger partial charge >= 0.3 is 24.4 Å². The number of carbonyl (C=O) groups is 2. The monoisotopic (exact) mass is 521 g/mol. The summed E-state index contributed by atoms with van der Waals surface area (Å²) in [5.41, 5.74) is -5.00. The van der Waals surface area contributed by atoms with Crippen LogP contribution >= 0.6 is 23.2 Å². The van der Waals surface area contributed by atoms with Crippen molar-refractivity contribution in [3.63, 3.8) is 0 Å². The van der Waals surface area contributed by atoms with Gasteiger partial charge in [0.25, 0.3) is 0 Å². The summed E-state index contributed by atoms with van der Waals surface area (Å²) in [5, 5.41) is 9.72. The van der Waals surface area contributed by atoms with E-state index in [2.05, 4.69) is 9.97 Å². The average Bonchev–Trinajstić information content (AvgIpc) is 2.60. The molecule has 0 spiro atoms. The van der Waals surface area contributed by atoms with E-state index in [1.807, 2.05) is 5.32 Å². The predicted octanol–water partition coefficient (Wildman–Crippen LogP) is 6.55. The van der Waals surface area contributed by atoms with Gasteiger partial charge in [-0.3, -0.25) is 5.32 Å². The van der Waals surface area contributed by atoms with E-state index in [9.17, 15) is 35.9 Å². The van der Waals surface area contributed by atoms with Crippen LogP contribution in [0.25, 0.3) is 0 Å². The van der Waals surface area contributed by atoms with Gasteiger partial charge in [0.05, 0.1) is 11.3 Å². The normalized spacial score (nSPS) is 11.8. The van der Waals surface area contributed by atoms with E-state index < -0.39 is 57.8 Å². The van der Waals surface area contributed by atoms with E-state index in [-0.39, 0.29) is 5.15 Å². The number of aromatic carboxylic acids is 1. The Balaban J connectivity index is 0.000000346. The number of carboxylic acid groups (broad SMARTS) is 1. The summed E-state index contributed by atoms with van der Waals surface area (Å²) in [6, 6.07) is 3.91. The zero-order valence-electron chi connectivity index (χ0n) is 16.9.